The van der Waals surface area contributed by atoms with E-state index < -0.39 is 0 Å². The molecule has 1 aliphatic heterocycles. The number of anilines is 2. The van der Waals surface area contributed by atoms with E-state index in [0.717, 1.165) is 61.1 Å². The van der Waals surface area contributed by atoms with Crippen LogP contribution in [0.4, 0.5) is 11.5 Å². The van der Waals surface area contributed by atoms with E-state index >= 15 is 0 Å². The summed E-state index contributed by atoms with van der Waals surface area (Å²) in [6.07, 6.45) is 9.60. The molecular formula is C26H26N6. The van der Waals surface area contributed by atoms with Crippen molar-refractivity contribution in [1.29, 1.82) is 0 Å². The van der Waals surface area contributed by atoms with Crippen LogP contribution in [0, 0.1) is 0 Å². The lowest BCUT2D eigenvalue weighted by molar-refractivity contribution is 0.196. The van der Waals surface area contributed by atoms with Crippen molar-refractivity contribution in [2.75, 3.05) is 18.4 Å². The van der Waals surface area contributed by atoms with Crippen molar-refractivity contribution in [3.05, 3.63) is 96.8 Å². The number of aromatic nitrogens is 4. The number of para-hydroxylation sites is 1. The first-order valence-electron chi connectivity index (χ1n) is 11.1. The van der Waals surface area contributed by atoms with Crippen LogP contribution >= 0.6 is 0 Å². The first-order valence-corrected chi connectivity index (χ1v) is 11.1. The number of hydrogen-bond acceptors (Lipinski definition) is 6. The van der Waals surface area contributed by atoms with Crippen LogP contribution in [0.5, 0.6) is 0 Å². The van der Waals surface area contributed by atoms with Gasteiger partial charge in [-0.05, 0) is 55.3 Å². The maximum absolute atomic E-state index is 4.99. The molecule has 1 fully saturated rings. The van der Waals surface area contributed by atoms with Crippen LogP contribution in [0.25, 0.3) is 11.3 Å². The van der Waals surface area contributed by atoms with Gasteiger partial charge in [0.2, 0.25) is 0 Å². The molecule has 1 saturated heterocycles. The molecule has 160 valence electrons. The minimum absolute atomic E-state index is 0.290. The predicted octanol–water partition coefficient (Wildman–Crippen LogP) is 5.06. The molecule has 0 spiro atoms. The molecule has 0 radical (unpaired) electrons. The van der Waals surface area contributed by atoms with E-state index in [4.69, 9.17) is 9.97 Å². The van der Waals surface area contributed by atoms with Crippen LogP contribution in [0.2, 0.25) is 0 Å². The first kappa shape index (κ1) is 20.3. The number of piperidine rings is 1. The monoisotopic (exact) mass is 422 g/mol. The topological polar surface area (TPSA) is 66.8 Å². The third-order valence-corrected chi connectivity index (χ3v) is 5.77. The van der Waals surface area contributed by atoms with E-state index in [2.05, 4.69) is 26.3 Å². The molecule has 1 unspecified atom stereocenters. The zero-order valence-electron chi connectivity index (χ0n) is 17.9. The normalized spacial score (nSPS) is 16.6. The lowest BCUT2D eigenvalue weighted by atomic mass is 9.96. The molecule has 3 aromatic heterocycles. The molecule has 4 aromatic rings. The average Bonchev–Trinajstić information content (AvgIpc) is 2.86. The van der Waals surface area contributed by atoms with Crippen molar-refractivity contribution in [2.24, 2.45) is 0 Å². The molecule has 6 heteroatoms. The quantitative estimate of drug-likeness (QED) is 0.469. The summed E-state index contributed by atoms with van der Waals surface area (Å²) in [5.41, 5.74) is 4.22. The maximum Gasteiger partial charge on any atom is 0.135 e. The van der Waals surface area contributed by atoms with E-state index in [9.17, 15) is 0 Å². The fraction of sp³-hybridized carbons (Fsp3) is 0.231. The van der Waals surface area contributed by atoms with Crippen molar-refractivity contribution in [1.82, 2.24) is 24.8 Å². The lowest BCUT2D eigenvalue weighted by Gasteiger charge is -2.32. The van der Waals surface area contributed by atoms with Gasteiger partial charge in [-0.2, -0.15) is 0 Å². The number of hydrogen-bond donors (Lipinski definition) is 1. The summed E-state index contributed by atoms with van der Waals surface area (Å²) < 4.78 is 0. The Morgan fingerprint density at radius 1 is 0.906 bits per heavy atom. The summed E-state index contributed by atoms with van der Waals surface area (Å²) in [4.78, 5) is 20.8. The van der Waals surface area contributed by atoms with Gasteiger partial charge < -0.3 is 5.32 Å². The highest BCUT2D eigenvalue weighted by Gasteiger charge is 2.24. The largest absolute Gasteiger partial charge is 0.340 e. The maximum atomic E-state index is 4.99. The van der Waals surface area contributed by atoms with Gasteiger partial charge in [-0.1, -0.05) is 24.3 Å². The molecule has 4 heterocycles. The summed E-state index contributed by atoms with van der Waals surface area (Å²) in [6, 6.07) is 20.3. The molecule has 0 aliphatic carbocycles. The molecule has 5 rings (SSSR count). The third-order valence-electron chi connectivity index (χ3n) is 5.77. The predicted molar refractivity (Wildman–Crippen MR) is 126 cm³/mol. The SMILES string of the molecule is c1ccc(Nc2cc(-c3ccncc3)nc(C3CCCN(Cc4cccnc4)C3)n2)cc1. The van der Waals surface area contributed by atoms with E-state index in [1.165, 1.54) is 5.56 Å². The minimum atomic E-state index is 0.290. The van der Waals surface area contributed by atoms with E-state index in [1.54, 1.807) is 12.4 Å². The van der Waals surface area contributed by atoms with Crippen molar-refractivity contribution in [3.63, 3.8) is 0 Å². The van der Waals surface area contributed by atoms with Crippen molar-refractivity contribution in [2.45, 2.75) is 25.3 Å². The molecule has 0 amide bonds. The summed E-state index contributed by atoms with van der Waals surface area (Å²) in [7, 11) is 0. The Balaban J connectivity index is 1.43. The highest BCUT2D eigenvalue weighted by atomic mass is 15.1. The van der Waals surface area contributed by atoms with Gasteiger partial charge in [-0.15, -0.1) is 0 Å². The van der Waals surface area contributed by atoms with Gasteiger partial charge in [0.1, 0.15) is 11.6 Å². The fourth-order valence-electron chi connectivity index (χ4n) is 4.21. The zero-order chi connectivity index (χ0) is 21.6. The number of rotatable bonds is 6. The summed E-state index contributed by atoms with van der Waals surface area (Å²) in [5.74, 6) is 2.00. The highest BCUT2D eigenvalue weighted by Crippen LogP contribution is 2.29. The standard InChI is InChI=1S/C26H26N6/c1-2-8-23(9-3-1)29-25-16-24(21-10-13-27-14-11-21)30-26(31-25)22-7-5-15-32(19-22)18-20-6-4-12-28-17-20/h1-4,6,8-14,16-17,22H,5,7,15,18-19H2,(H,29,30,31). The van der Waals surface area contributed by atoms with E-state index in [1.807, 2.05) is 67.0 Å². The van der Waals surface area contributed by atoms with E-state index in [0.29, 0.717) is 5.92 Å². The molecule has 6 nitrogen and oxygen atoms in total. The Morgan fingerprint density at radius 2 is 1.78 bits per heavy atom. The Hall–Kier alpha value is -3.64. The molecule has 1 N–H and O–H groups in total. The highest BCUT2D eigenvalue weighted by molar-refractivity contribution is 5.65. The van der Waals surface area contributed by atoms with Crippen LogP contribution in [-0.4, -0.2) is 37.9 Å². The molecular weight excluding hydrogens is 396 g/mol. The Kier molecular flexibility index (Phi) is 6.12. The van der Waals surface area contributed by atoms with Crippen LogP contribution in [0.1, 0.15) is 30.1 Å². The van der Waals surface area contributed by atoms with Crippen LogP contribution in [-0.2, 0) is 6.54 Å². The van der Waals surface area contributed by atoms with Gasteiger partial charge in [0.05, 0.1) is 5.69 Å². The van der Waals surface area contributed by atoms with E-state index in [-0.39, 0.29) is 0 Å². The lowest BCUT2D eigenvalue weighted by Crippen LogP contribution is -2.34. The minimum Gasteiger partial charge on any atom is -0.340 e. The molecule has 1 atom stereocenters. The number of pyridine rings is 2. The molecule has 1 aromatic carbocycles. The number of likely N-dealkylation sites (tertiary alicyclic amines) is 1. The molecule has 32 heavy (non-hydrogen) atoms. The summed E-state index contributed by atoms with van der Waals surface area (Å²) in [6.45, 7) is 2.94. The van der Waals surface area contributed by atoms with Gasteiger partial charge in [0, 0.05) is 61.1 Å². The van der Waals surface area contributed by atoms with Gasteiger partial charge in [0.25, 0.3) is 0 Å². The summed E-state index contributed by atoms with van der Waals surface area (Å²) >= 11 is 0. The second kappa shape index (κ2) is 9.66. The molecule has 0 saturated carbocycles. The smallest absolute Gasteiger partial charge is 0.135 e. The average molecular weight is 423 g/mol. The van der Waals surface area contributed by atoms with Gasteiger partial charge >= 0.3 is 0 Å². The second-order valence-electron chi connectivity index (χ2n) is 8.16. The number of nitrogens with zero attached hydrogens (tertiary/aromatic N) is 5. The first-order chi connectivity index (χ1) is 15.8. The van der Waals surface area contributed by atoms with Crippen molar-refractivity contribution in [3.8, 4) is 11.3 Å². The number of nitrogens with one attached hydrogen (secondary N) is 1. The van der Waals surface area contributed by atoms with Gasteiger partial charge in [-0.25, -0.2) is 9.97 Å². The van der Waals surface area contributed by atoms with Crippen molar-refractivity contribution < 1.29 is 0 Å². The third kappa shape index (κ3) is 4.98. The zero-order valence-corrected chi connectivity index (χ0v) is 17.9. The number of benzene rings is 1. The van der Waals surface area contributed by atoms with Crippen LogP contribution < -0.4 is 5.32 Å². The fourth-order valence-corrected chi connectivity index (χ4v) is 4.21. The Bertz CT molecular complexity index is 1130. The van der Waals surface area contributed by atoms with Crippen LogP contribution in [0.15, 0.2) is 85.5 Å². The second-order valence-corrected chi connectivity index (χ2v) is 8.16. The molecule has 1 aliphatic rings. The van der Waals surface area contributed by atoms with Crippen molar-refractivity contribution >= 4 is 11.5 Å². The molecule has 0 bridgehead atoms. The van der Waals surface area contributed by atoms with Gasteiger partial charge in [-0.3, -0.25) is 14.9 Å². The Morgan fingerprint density at radius 3 is 2.59 bits per heavy atom. The Labute approximate surface area is 188 Å². The van der Waals surface area contributed by atoms with Gasteiger partial charge in [0.15, 0.2) is 0 Å². The van der Waals surface area contributed by atoms with Crippen LogP contribution in [0.3, 0.4) is 0 Å². The summed E-state index contributed by atoms with van der Waals surface area (Å²) in [5, 5.41) is 3.46.